The molecule has 0 saturated carbocycles. The van der Waals surface area contributed by atoms with E-state index in [2.05, 4.69) is 10.3 Å². The number of nitrogens with two attached hydrogens (primary N) is 1. The quantitative estimate of drug-likeness (QED) is 0.905. The Hall–Kier alpha value is -2.64. The van der Waals surface area contributed by atoms with Crippen LogP contribution >= 0.6 is 0 Å². The zero-order valence-corrected chi connectivity index (χ0v) is 11.9. The molecule has 0 aliphatic carbocycles. The molecule has 118 valence electrons. The minimum absolute atomic E-state index is 0.0401. The van der Waals surface area contributed by atoms with Gasteiger partial charge < -0.3 is 20.5 Å². The zero-order chi connectivity index (χ0) is 16.3. The van der Waals surface area contributed by atoms with E-state index >= 15 is 0 Å². The number of halogens is 3. The molecule has 1 heterocycles. The molecule has 1 aromatic heterocycles. The summed E-state index contributed by atoms with van der Waals surface area (Å²) in [6.45, 7) is 0. The van der Waals surface area contributed by atoms with Crippen LogP contribution < -0.4 is 20.5 Å². The third-order valence-corrected chi connectivity index (χ3v) is 2.92. The fraction of sp³-hybridized carbons (Fsp3) is 0.214. The topological polar surface area (TPSA) is 69.4 Å². The fourth-order valence-corrected chi connectivity index (χ4v) is 1.78. The Morgan fingerprint density at radius 3 is 2.41 bits per heavy atom. The Balaban J connectivity index is 2.38. The summed E-state index contributed by atoms with van der Waals surface area (Å²) in [5.74, 6) is 0.902. The summed E-state index contributed by atoms with van der Waals surface area (Å²) in [6, 6.07) is 5.74. The Morgan fingerprint density at radius 1 is 1.09 bits per heavy atom. The van der Waals surface area contributed by atoms with Gasteiger partial charge in [0.25, 0.3) is 0 Å². The SMILES string of the molecule is COc1ccc(Nc2cc(C(F)(F)F)cnc2N)c(OC)c1. The fourth-order valence-electron chi connectivity index (χ4n) is 1.78. The van der Waals surface area contributed by atoms with E-state index in [0.717, 1.165) is 6.07 Å². The number of benzene rings is 1. The predicted octanol–water partition coefficient (Wildman–Crippen LogP) is 3.44. The number of rotatable bonds is 4. The number of hydrogen-bond donors (Lipinski definition) is 2. The number of anilines is 3. The maximum absolute atomic E-state index is 12.7. The molecule has 22 heavy (non-hydrogen) atoms. The second-order valence-corrected chi connectivity index (χ2v) is 4.35. The van der Waals surface area contributed by atoms with E-state index in [1.807, 2.05) is 0 Å². The van der Waals surface area contributed by atoms with Crippen LogP contribution in [0.3, 0.4) is 0 Å². The van der Waals surface area contributed by atoms with Gasteiger partial charge in [-0.25, -0.2) is 4.98 Å². The minimum Gasteiger partial charge on any atom is -0.497 e. The van der Waals surface area contributed by atoms with Crippen molar-refractivity contribution < 1.29 is 22.6 Å². The van der Waals surface area contributed by atoms with Gasteiger partial charge in [0.05, 0.1) is 31.2 Å². The van der Waals surface area contributed by atoms with Gasteiger partial charge in [-0.15, -0.1) is 0 Å². The van der Waals surface area contributed by atoms with Crippen molar-refractivity contribution in [3.8, 4) is 11.5 Å². The van der Waals surface area contributed by atoms with Gasteiger partial charge in [-0.3, -0.25) is 0 Å². The highest BCUT2D eigenvalue weighted by Gasteiger charge is 2.31. The molecular formula is C14H14F3N3O2. The first-order valence-corrected chi connectivity index (χ1v) is 6.17. The third-order valence-electron chi connectivity index (χ3n) is 2.92. The lowest BCUT2D eigenvalue weighted by Gasteiger charge is -2.15. The average Bonchev–Trinajstić information content (AvgIpc) is 2.48. The van der Waals surface area contributed by atoms with Crippen LogP contribution in [0.25, 0.3) is 0 Å². The molecule has 0 unspecified atom stereocenters. The number of aromatic nitrogens is 1. The van der Waals surface area contributed by atoms with Crippen molar-refractivity contribution in [2.24, 2.45) is 0 Å². The minimum atomic E-state index is -4.50. The van der Waals surface area contributed by atoms with Crippen LogP contribution in [0.4, 0.5) is 30.4 Å². The molecule has 3 N–H and O–H groups in total. The Labute approximate surface area is 124 Å². The van der Waals surface area contributed by atoms with Crippen LogP contribution in [0.2, 0.25) is 0 Å². The van der Waals surface area contributed by atoms with Crippen molar-refractivity contribution in [2.45, 2.75) is 6.18 Å². The van der Waals surface area contributed by atoms with E-state index in [0.29, 0.717) is 23.4 Å². The number of alkyl halides is 3. The van der Waals surface area contributed by atoms with E-state index in [-0.39, 0.29) is 11.5 Å². The second-order valence-electron chi connectivity index (χ2n) is 4.35. The number of nitrogen functional groups attached to an aromatic ring is 1. The molecule has 2 rings (SSSR count). The summed E-state index contributed by atoms with van der Waals surface area (Å²) in [5, 5.41) is 2.79. The molecule has 0 atom stereocenters. The molecule has 0 aliphatic heterocycles. The first-order valence-electron chi connectivity index (χ1n) is 6.17. The van der Waals surface area contributed by atoms with Crippen LogP contribution in [0.5, 0.6) is 11.5 Å². The van der Waals surface area contributed by atoms with Crippen molar-refractivity contribution in [1.82, 2.24) is 4.98 Å². The van der Waals surface area contributed by atoms with E-state index in [9.17, 15) is 13.2 Å². The second kappa shape index (κ2) is 6.00. The Morgan fingerprint density at radius 2 is 1.82 bits per heavy atom. The molecule has 2 aromatic rings. The van der Waals surface area contributed by atoms with Gasteiger partial charge in [-0.05, 0) is 18.2 Å². The van der Waals surface area contributed by atoms with Crippen molar-refractivity contribution in [1.29, 1.82) is 0 Å². The van der Waals surface area contributed by atoms with E-state index in [1.54, 1.807) is 18.2 Å². The van der Waals surface area contributed by atoms with Gasteiger partial charge in [-0.1, -0.05) is 0 Å². The number of ether oxygens (including phenoxy) is 2. The molecule has 0 fully saturated rings. The molecule has 5 nitrogen and oxygen atoms in total. The summed E-state index contributed by atoms with van der Waals surface area (Å²) in [4.78, 5) is 3.56. The van der Waals surface area contributed by atoms with Crippen LogP contribution in [-0.4, -0.2) is 19.2 Å². The normalized spacial score (nSPS) is 11.1. The highest BCUT2D eigenvalue weighted by molar-refractivity contribution is 5.74. The maximum atomic E-state index is 12.7. The van der Waals surface area contributed by atoms with Gasteiger partial charge in [-0.2, -0.15) is 13.2 Å². The molecule has 0 radical (unpaired) electrons. The lowest BCUT2D eigenvalue weighted by Crippen LogP contribution is -2.08. The number of hydrogen-bond acceptors (Lipinski definition) is 5. The zero-order valence-electron chi connectivity index (χ0n) is 11.9. The Kier molecular flexibility index (Phi) is 4.30. The van der Waals surface area contributed by atoms with Crippen molar-refractivity contribution in [3.63, 3.8) is 0 Å². The lowest BCUT2D eigenvalue weighted by molar-refractivity contribution is -0.137. The molecule has 0 spiro atoms. The first-order chi connectivity index (χ1) is 10.3. The van der Waals surface area contributed by atoms with Crippen LogP contribution in [0.15, 0.2) is 30.5 Å². The smallest absolute Gasteiger partial charge is 0.417 e. The number of nitrogens with zero attached hydrogens (tertiary/aromatic N) is 1. The monoisotopic (exact) mass is 313 g/mol. The molecule has 0 aliphatic rings. The van der Waals surface area contributed by atoms with E-state index < -0.39 is 11.7 Å². The largest absolute Gasteiger partial charge is 0.497 e. The predicted molar refractivity (Wildman–Crippen MR) is 76.5 cm³/mol. The maximum Gasteiger partial charge on any atom is 0.417 e. The van der Waals surface area contributed by atoms with Gasteiger partial charge in [0, 0.05) is 12.3 Å². The lowest BCUT2D eigenvalue weighted by atomic mass is 10.2. The summed E-state index contributed by atoms with van der Waals surface area (Å²) >= 11 is 0. The van der Waals surface area contributed by atoms with Crippen LogP contribution in [0, 0.1) is 0 Å². The highest BCUT2D eigenvalue weighted by atomic mass is 19.4. The van der Waals surface area contributed by atoms with Crippen molar-refractivity contribution in [3.05, 3.63) is 36.0 Å². The molecular weight excluding hydrogens is 299 g/mol. The average molecular weight is 313 g/mol. The van der Waals surface area contributed by atoms with E-state index in [1.165, 1.54) is 14.2 Å². The van der Waals surface area contributed by atoms with E-state index in [4.69, 9.17) is 15.2 Å². The number of nitrogens with one attached hydrogen (secondary N) is 1. The number of pyridine rings is 1. The van der Waals surface area contributed by atoms with Crippen LogP contribution in [-0.2, 0) is 6.18 Å². The summed E-state index contributed by atoms with van der Waals surface area (Å²) in [7, 11) is 2.93. The molecule has 8 heteroatoms. The van der Waals surface area contributed by atoms with Gasteiger partial charge in [0.15, 0.2) is 0 Å². The number of methoxy groups -OCH3 is 2. The third kappa shape index (κ3) is 3.33. The van der Waals surface area contributed by atoms with Gasteiger partial charge in [0.1, 0.15) is 17.3 Å². The van der Waals surface area contributed by atoms with Crippen LogP contribution in [0.1, 0.15) is 5.56 Å². The van der Waals surface area contributed by atoms with Crippen molar-refractivity contribution >= 4 is 17.2 Å². The standard InChI is InChI=1S/C14H14F3N3O2/c1-21-9-3-4-10(12(6-9)22-2)20-11-5-8(14(15,16)17)7-19-13(11)18/h3-7,20H,1-2H3,(H2,18,19). The molecule has 1 aromatic carbocycles. The van der Waals surface area contributed by atoms with Gasteiger partial charge >= 0.3 is 6.18 Å². The van der Waals surface area contributed by atoms with Crippen molar-refractivity contribution in [2.75, 3.05) is 25.3 Å². The summed E-state index contributed by atoms with van der Waals surface area (Å²) in [5.41, 5.74) is 5.21. The van der Waals surface area contributed by atoms with Gasteiger partial charge in [0.2, 0.25) is 0 Å². The Bertz CT molecular complexity index is 675. The summed E-state index contributed by atoms with van der Waals surface area (Å²) in [6.07, 6.45) is -3.81. The molecule has 0 amide bonds. The first kappa shape index (κ1) is 15.7. The molecule has 0 saturated heterocycles. The highest BCUT2D eigenvalue weighted by Crippen LogP contribution is 2.35. The summed E-state index contributed by atoms with van der Waals surface area (Å²) < 4.78 is 48.4. The molecule has 0 bridgehead atoms.